The Balaban J connectivity index is 1.87. The molecular weight excluding hydrogens is 370 g/mol. The Labute approximate surface area is 158 Å². The third-order valence-corrected chi connectivity index (χ3v) is 5.71. The fourth-order valence-electron chi connectivity index (χ4n) is 4.33. The van der Waals surface area contributed by atoms with Crippen LogP contribution in [-0.2, 0) is 20.8 Å². The molecule has 3 heterocycles. The number of nitro benzene ring substituents is 1. The number of benzene rings is 1. The molecule has 1 aromatic carbocycles. The molecule has 146 valence electrons. The van der Waals surface area contributed by atoms with E-state index in [1.807, 2.05) is 4.90 Å². The van der Waals surface area contributed by atoms with Crippen molar-refractivity contribution in [3.8, 4) is 0 Å². The number of nitrogens with one attached hydrogen (secondary N) is 2. The number of anilines is 1. The first-order valence-electron chi connectivity index (χ1n) is 8.70. The lowest BCUT2D eigenvalue weighted by atomic mass is 9.68. The molecule has 0 aromatic heterocycles. The number of barbiturate groups is 1. The lowest BCUT2D eigenvalue weighted by Gasteiger charge is -2.54. The minimum absolute atomic E-state index is 0.109. The van der Waals surface area contributed by atoms with E-state index >= 15 is 0 Å². The Morgan fingerprint density at radius 2 is 1.89 bits per heavy atom. The van der Waals surface area contributed by atoms with Crippen LogP contribution in [0.15, 0.2) is 18.2 Å². The van der Waals surface area contributed by atoms with Crippen LogP contribution in [0.4, 0.5) is 16.2 Å². The fraction of sp³-hybridized carbons (Fsp3) is 0.412. The molecule has 3 aliphatic heterocycles. The van der Waals surface area contributed by atoms with Crippen molar-refractivity contribution >= 4 is 35.1 Å². The molecule has 2 fully saturated rings. The van der Waals surface area contributed by atoms with Gasteiger partial charge in [-0.15, -0.1) is 0 Å². The van der Waals surface area contributed by atoms with E-state index in [9.17, 15) is 29.3 Å². The second-order valence-corrected chi connectivity index (χ2v) is 7.13. The molecule has 2 N–H and O–H groups in total. The molecule has 0 unspecified atom stereocenters. The van der Waals surface area contributed by atoms with Crippen molar-refractivity contribution in [3.63, 3.8) is 0 Å². The number of fused-ring (bicyclic) bond motifs is 4. The highest BCUT2D eigenvalue weighted by molar-refractivity contribution is 6.20. The molecule has 0 radical (unpaired) electrons. The first kappa shape index (κ1) is 17.9. The standard InChI is InChI=1S/C17H17N5O6/c1-9(23)20-4-5-21-12-3-2-11(22(27)28)6-10(12)7-17(13(21)8-20)14(24)18-16(26)19-15(17)25/h2-3,6,13H,4-5,7-8H2,1H3,(H2,18,19,24,25,26)/t13-/m0/s1. The van der Waals surface area contributed by atoms with Crippen molar-refractivity contribution in [1.29, 1.82) is 0 Å². The molecule has 28 heavy (non-hydrogen) atoms. The summed E-state index contributed by atoms with van der Waals surface area (Å²) in [6.45, 7) is 2.28. The summed E-state index contributed by atoms with van der Waals surface area (Å²) in [4.78, 5) is 63.3. The SMILES string of the molecule is CC(=O)N1CCN2c3ccc([N+](=O)[O-])cc3CC3(C(=O)NC(=O)NC3=O)[C@@H]2C1. The van der Waals surface area contributed by atoms with Gasteiger partial charge in [0.25, 0.3) is 5.69 Å². The first-order chi connectivity index (χ1) is 13.2. The Hall–Kier alpha value is -3.50. The summed E-state index contributed by atoms with van der Waals surface area (Å²) < 4.78 is 0. The van der Waals surface area contributed by atoms with Crippen molar-refractivity contribution in [2.45, 2.75) is 19.4 Å². The number of nitro groups is 1. The number of rotatable bonds is 1. The number of hydrogen-bond acceptors (Lipinski definition) is 7. The molecule has 0 aliphatic carbocycles. The van der Waals surface area contributed by atoms with Crippen LogP contribution in [0, 0.1) is 15.5 Å². The Morgan fingerprint density at radius 3 is 2.50 bits per heavy atom. The number of carbonyl (C=O) groups is 4. The van der Waals surface area contributed by atoms with E-state index in [0.717, 1.165) is 0 Å². The van der Waals surface area contributed by atoms with Gasteiger partial charge >= 0.3 is 6.03 Å². The molecule has 1 spiro atoms. The maximum absolute atomic E-state index is 12.9. The predicted molar refractivity (Wildman–Crippen MR) is 94.3 cm³/mol. The Bertz CT molecular complexity index is 924. The van der Waals surface area contributed by atoms with Gasteiger partial charge in [0.1, 0.15) is 0 Å². The summed E-state index contributed by atoms with van der Waals surface area (Å²) in [5.41, 5.74) is -0.671. The summed E-state index contributed by atoms with van der Waals surface area (Å²) in [5, 5.41) is 15.5. The summed E-state index contributed by atoms with van der Waals surface area (Å²) in [5.74, 6) is -1.71. The van der Waals surface area contributed by atoms with Crippen LogP contribution in [0.3, 0.4) is 0 Å². The number of imide groups is 2. The van der Waals surface area contributed by atoms with Crippen LogP contribution in [-0.4, -0.2) is 59.3 Å². The molecule has 0 saturated carbocycles. The molecule has 1 aromatic rings. The third-order valence-electron chi connectivity index (χ3n) is 5.71. The largest absolute Gasteiger partial charge is 0.363 e. The normalized spacial score (nSPS) is 22.9. The van der Waals surface area contributed by atoms with Crippen LogP contribution in [0.1, 0.15) is 12.5 Å². The number of urea groups is 1. The average molecular weight is 387 g/mol. The highest BCUT2D eigenvalue weighted by atomic mass is 16.6. The predicted octanol–water partition coefficient (Wildman–Crippen LogP) is -0.460. The van der Waals surface area contributed by atoms with Crippen LogP contribution in [0.25, 0.3) is 0 Å². The first-order valence-corrected chi connectivity index (χ1v) is 8.70. The average Bonchev–Trinajstić information content (AvgIpc) is 2.64. The summed E-state index contributed by atoms with van der Waals surface area (Å²) in [6.07, 6.45) is -0.109. The van der Waals surface area contributed by atoms with Gasteiger partial charge < -0.3 is 9.80 Å². The van der Waals surface area contributed by atoms with Crippen molar-refractivity contribution in [1.82, 2.24) is 15.5 Å². The van der Waals surface area contributed by atoms with E-state index in [-0.39, 0.29) is 24.6 Å². The number of non-ortho nitro benzene ring substituents is 1. The fourth-order valence-corrected chi connectivity index (χ4v) is 4.33. The van der Waals surface area contributed by atoms with Gasteiger partial charge in [-0.1, -0.05) is 0 Å². The third kappa shape index (κ3) is 2.42. The second-order valence-electron chi connectivity index (χ2n) is 7.13. The van der Waals surface area contributed by atoms with E-state index in [2.05, 4.69) is 10.6 Å². The number of hydrogen-bond donors (Lipinski definition) is 2. The molecule has 11 heteroatoms. The number of amides is 5. The second kappa shape index (κ2) is 6.01. The maximum Gasteiger partial charge on any atom is 0.328 e. The van der Waals surface area contributed by atoms with E-state index in [1.165, 1.54) is 19.1 Å². The van der Waals surface area contributed by atoms with Gasteiger partial charge in [-0.2, -0.15) is 0 Å². The van der Waals surface area contributed by atoms with E-state index in [0.29, 0.717) is 24.3 Å². The highest BCUT2D eigenvalue weighted by Crippen LogP contribution is 2.45. The smallest absolute Gasteiger partial charge is 0.328 e. The van der Waals surface area contributed by atoms with Gasteiger partial charge in [0, 0.05) is 50.8 Å². The highest BCUT2D eigenvalue weighted by Gasteiger charge is 2.61. The minimum atomic E-state index is -1.68. The van der Waals surface area contributed by atoms with Crippen LogP contribution in [0.2, 0.25) is 0 Å². The molecule has 1 atom stereocenters. The quantitative estimate of drug-likeness (QED) is 0.377. The van der Waals surface area contributed by atoms with Crippen molar-refractivity contribution < 1.29 is 24.1 Å². The van der Waals surface area contributed by atoms with Gasteiger partial charge in [-0.25, -0.2) is 4.79 Å². The number of carbonyl (C=O) groups excluding carboxylic acids is 4. The lowest BCUT2D eigenvalue weighted by molar-refractivity contribution is -0.384. The topological polar surface area (TPSA) is 142 Å². The van der Waals surface area contributed by atoms with Crippen LogP contribution >= 0.6 is 0 Å². The Morgan fingerprint density at radius 1 is 1.21 bits per heavy atom. The summed E-state index contributed by atoms with van der Waals surface area (Å²) in [7, 11) is 0. The molecule has 0 bridgehead atoms. The summed E-state index contributed by atoms with van der Waals surface area (Å²) in [6, 6.07) is 2.71. The summed E-state index contributed by atoms with van der Waals surface area (Å²) >= 11 is 0. The van der Waals surface area contributed by atoms with Gasteiger partial charge in [0.05, 0.1) is 11.0 Å². The molecule has 3 aliphatic rings. The molecule has 11 nitrogen and oxygen atoms in total. The van der Waals surface area contributed by atoms with Crippen molar-refractivity contribution in [2.75, 3.05) is 24.5 Å². The Kier molecular flexibility index (Phi) is 3.84. The van der Waals surface area contributed by atoms with Crippen molar-refractivity contribution in [3.05, 3.63) is 33.9 Å². The zero-order valence-corrected chi connectivity index (χ0v) is 14.9. The van der Waals surface area contributed by atoms with Gasteiger partial charge in [-0.3, -0.25) is 35.1 Å². The van der Waals surface area contributed by atoms with Gasteiger partial charge in [-0.05, 0) is 11.6 Å². The zero-order chi connectivity index (χ0) is 20.2. The number of nitrogens with zero attached hydrogens (tertiary/aromatic N) is 3. The minimum Gasteiger partial charge on any atom is -0.363 e. The molecule has 2 saturated heterocycles. The molecule has 5 amide bonds. The maximum atomic E-state index is 12.9. The zero-order valence-electron chi connectivity index (χ0n) is 14.9. The lowest BCUT2D eigenvalue weighted by Crippen LogP contribution is -2.74. The van der Waals surface area contributed by atoms with E-state index < -0.39 is 34.2 Å². The van der Waals surface area contributed by atoms with Crippen LogP contribution < -0.4 is 15.5 Å². The monoisotopic (exact) mass is 387 g/mol. The van der Waals surface area contributed by atoms with Gasteiger partial charge in [0.2, 0.25) is 17.7 Å². The van der Waals surface area contributed by atoms with E-state index in [4.69, 9.17) is 0 Å². The van der Waals surface area contributed by atoms with Crippen molar-refractivity contribution in [2.24, 2.45) is 5.41 Å². The van der Waals surface area contributed by atoms with Crippen LogP contribution in [0.5, 0.6) is 0 Å². The van der Waals surface area contributed by atoms with Gasteiger partial charge in [0.15, 0.2) is 5.41 Å². The van der Waals surface area contributed by atoms with E-state index in [1.54, 1.807) is 11.0 Å². The number of piperazine rings is 1. The molecule has 4 rings (SSSR count). The molecular formula is C17H17N5O6.